The summed E-state index contributed by atoms with van der Waals surface area (Å²) in [5.41, 5.74) is 1.25. The van der Waals surface area contributed by atoms with Crippen molar-refractivity contribution in [1.29, 1.82) is 0 Å². The second kappa shape index (κ2) is 5.05. The van der Waals surface area contributed by atoms with Crippen LogP contribution in [0, 0.1) is 0 Å². The first-order valence-corrected chi connectivity index (χ1v) is 6.66. The van der Waals surface area contributed by atoms with E-state index in [9.17, 15) is 4.79 Å². The number of amides is 2. The van der Waals surface area contributed by atoms with Gasteiger partial charge in [0.1, 0.15) is 5.82 Å². The topological polar surface area (TPSA) is 60.5 Å². The van der Waals surface area contributed by atoms with Crippen LogP contribution in [-0.4, -0.2) is 60.1 Å². The van der Waals surface area contributed by atoms with Crippen molar-refractivity contribution in [3.05, 3.63) is 23.9 Å². The van der Waals surface area contributed by atoms with E-state index in [0.29, 0.717) is 6.04 Å². The number of nitrogens with one attached hydrogen (secondary N) is 2. The lowest BCUT2D eigenvalue weighted by Crippen LogP contribution is -2.51. The Hall–Kier alpha value is -1.82. The second-order valence-electron chi connectivity index (χ2n) is 5.07. The first kappa shape index (κ1) is 12.2. The van der Waals surface area contributed by atoms with Crippen molar-refractivity contribution in [1.82, 2.24) is 20.1 Å². The molecule has 2 saturated heterocycles. The van der Waals surface area contributed by atoms with Gasteiger partial charge in [-0.1, -0.05) is 0 Å². The van der Waals surface area contributed by atoms with E-state index in [1.165, 1.54) is 5.56 Å². The molecule has 1 atom stereocenters. The minimum atomic E-state index is 0.0889. The minimum absolute atomic E-state index is 0.0889. The standard InChI is InChI=1S/C13H19N5O/c1-14-12-6-10(2-3-15-12)8-17-4-5-18-11(9-17)7-16-13(18)19/h2-3,6,11H,4-5,7-9H2,1H3,(H,14,15)(H,16,19). The molecule has 0 spiro atoms. The van der Waals surface area contributed by atoms with E-state index in [2.05, 4.69) is 26.6 Å². The lowest BCUT2D eigenvalue weighted by Gasteiger charge is -2.36. The quantitative estimate of drug-likeness (QED) is 0.823. The average molecular weight is 261 g/mol. The third-order valence-electron chi connectivity index (χ3n) is 3.80. The van der Waals surface area contributed by atoms with E-state index in [1.807, 2.05) is 24.2 Å². The lowest BCUT2D eigenvalue weighted by atomic mass is 10.1. The molecule has 19 heavy (non-hydrogen) atoms. The molecule has 2 amide bonds. The van der Waals surface area contributed by atoms with Crippen molar-refractivity contribution in [3.8, 4) is 0 Å². The Morgan fingerprint density at radius 3 is 3.26 bits per heavy atom. The van der Waals surface area contributed by atoms with E-state index in [0.717, 1.165) is 38.5 Å². The smallest absolute Gasteiger partial charge is 0.317 e. The van der Waals surface area contributed by atoms with Gasteiger partial charge in [-0.15, -0.1) is 0 Å². The van der Waals surface area contributed by atoms with Crippen LogP contribution in [0.25, 0.3) is 0 Å². The Balaban J connectivity index is 1.63. The molecule has 1 unspecified atom stereocenters. The predicted octanol–water partition coefficient (Wildman–Crippen LogP) is 0.333. The number of urea groups is 1. The summed E-state index contributed by atoms with van der Waals surface area (Å²) in [6, 6.07) is 4.54. The number of hydrogen-bond donors (Lipinski definition) is 2. The van der Waals surface area contributed by atoms with Crippen molar-refractivity contribution in [2.75, 3.05) is 38.5 Å². The Bertz CT molecular complexity index is 478. The lowest BCUT2D eigenvalue weighted by molar-refractivity contribution is 0.116. The van der Waals surface area contributed by atoms with Crippen LogP contribution in [0.4, 0.5) is 10.6 Å². The molecule has 1 aromatic heterocycles. The summed E-state index contributed by atoms with van der Waals surface area (Å²) >= 11 is 0. The van der Waals surface area contributed by atoms with Crippen LogP contribution < -0.4 is 10.6 Å². The molecule has 102 valence electrons. The van der Waals surface area contributed by atoms with Crippen LogP contribution >= 0.6 is 0 Å². The fraction of sp³-hybridized carbons (Fsp3) is 0.538. The number of carbonyl (C=O) groups excluding carboxylic acids is 1. The number of carbonyl (C=O) groups is 1. The molecule has 2 fully saturated rings. The molecule has 0 aliphatic carbocycles. The van der Waals surface area contributed by atoms with Crippen LogP contribution in [0.15, 0.2) is 18.3 Å². The zero-order chi connectivity index (χ0) is 13.2. The maximum atomic E-state index is 11.5. The molecule has 3 heterocycles. The molecule has 0 saturated carbocycles. The highest BCUT2D eigenvalue weighted by molar-refractivity contribution is 5.77. The van der Waals surface area contributed by atoms with Gasteiger partial charge in [-0.05, 0) is 17.7 Å². The number of fused-ring (bicyclic) bond motifs is 1. The van der Waals surface area contributed by atoms with E-state index >= 15 is 0 Å². The SMILES string of the molecule is CNc1cc(CN2CCN3C(=O)NCC3C2)ccn1. The van der Waals surface area contributed by atoms with Crippen LogP contribution in [0.3, 0.4) is 0 Å². The van der Waals surface area contributed by atoms with Gasteiger partial charge in [0.05, 0.1) is 6.04 Å². The normalized spacial score (nSPS) is 23.1. The fourth-order valence-corrected chi connectivity index (χ4v) is 2.78. The molecule has 1 aromatic rings. The summed E-state index contributed by atoms with van der Waals surface area (Å²) in [6.07, 6.45) is 1.83. The Labute approximate surface area is 112 Å². The zero-order valence-electron chi connectivity index (χ0n) is 11.1. The van der Waals surface area contributed by atoms with Gasteiger partial charge in [-0.25, -0.2) is 9.78 Å². The number of pyridine rings is 1. The number of hydrogen-bond acceptors (Lipinski definition) is 4. The largest absolute Gasteiger partial charge is 0.373 e. The van der Waals surface area contributed by atoms with Crippen LogP contribution in [0.2, 0.25) is 0 Å². The molecule has 0 aromatic carbocycles. The maximum absolute atomic E-state index is 11.5. The van der Waals surface area contributed by atoms with Gasteiger partial charge in [0, 0.05) is 46.0 Å². The van der Waals surface area contributed by atoms with Gasteiger partial charge >= 0.3 is 6.03 Å². The molecule has 6 heteroatoms. The molecule has 2 N–H and O–H groups in total. The third-order valence-corrected chi connectivity index (χ3v) is 3.80. The molecular weight excluding hydrogens is 242 g/mol. The molecule has 3 rings (SSSR count). The van der Waals surface area contributed by atoms with Crippen molar-refractivity contribution in [2.24, 2.45) is 0 Å². The Morgan fingerprint density at radius 1 is 1.53 bits per heavy atom. The highest BCUT2D eigenvalue weighted by Gasteiger charge is 2.35. The van der Waals surface area contributed by atoms with Crippen molar-refractivity contribution in [2.45, 2.75) is 12.6 Å². The van der Waals surface area contributed by atoms with Gasteiger partial charge in [0.25, 0.3) is 0 Å². The number of nitrogens with zero attached hydrogens (tertiary/aromatic N) is 3. The van der Waals surface area contributed by atoms with E-state index in [1.54, 1.807) is 0 Å². The second-order valence-corrected chi connectivity index (χ2v) is 5.07. The summed E-state index contributed by atoms with van der Waals surface area (Å²) in [5, 5.41) is 5.96. The molecular formula is C13H19N5O. The van der Waals surface area contributed by atoms with Crippen molar-refractivity contribution in [3.63, 3.8) is 0 Å². The number of rotatable bonds is 3. The summed E-state index contributed by atoms with van der Waals surface area (Å²) in [6.45, 7) is 4.38. The number of piperazine rings is 1. The maximum Gasteiger partial charge on any atom is 0.317 e. The molecule has 2 aliphatic heterocycles. The fourth-order valence-electron chi connectivity index (χ4n) is 2.78. The summed E-state index contributed by atoms with van der Waals surface area (Å²) < 4.78 is 0. The highest BCUT2D eigenvalue weighted by atomic mass is 16.2. The van der Waals surface area contributed by atoms with Gasteiger partial charge in [0.15, 0.2) is 0 Å². The summed E-state index contributed by atoms with van der Waals surface area (Å²) in [7, 11) is 1.88. The average Bonchev–Trinajstić information content (AvgIpc) is 2.80. The van der Waals surface area contributed by atoms with Crippen LogP contribution in [-0.2, 0) is 6.54 Å². The van der Waals surface area contributed by atoms with Crippen LogP contribution in [0.1, 0.15) is 5.56 Å². The summed E-state index contributed by atoms with van der Waals surface area (Å²) in [5.74, 6) is 0.897. The van der Waals surface area contributed by atoms with E-state index < -0.39 is 0 Å². The first-order valence-electron chi connectivity index (χ1n) is 6.66. The van der Waals surface area contributed by atoms with Gasteiger partial charge in [-0.2, -0.15) is 0 Å². The molecule has 0 radical (unpaired) electrons. The summed E-state index contributed by atoms with van der Waals surface area (Å²) in [4.78, 5) is 20.1. The zero-order valence-corrected chi connectivity index (χ0v) is 11.1. The van der Waals surface area contributed by atoms with E-state index in [4.69, 9.17) is 0 Å². The van der Waals surface area contributed by atoms with Gasteiger partial charge < -0.3 is 15.5 Å². The van der Waals surface area contributed by atoms with Gasteiger partial charge in [0.2, 0.25) is 0 Å². The van der Waals surface area contributed by atoms with Gasteiger partial charge in [-0.3, -0.25) is 4.90 Å². The van der Waals surface area contributed by atoms with Crippen molar-refractivity contribution < 1.29 is 4.79 Å². The number of anilines is 1. The monoisotopic (exact) mass is 261 g/mol. The van der Waals surface area contributed by atoms with Crippen LogP contribution in [0.5, 0.6) is 0 Å². The minimum Gasteiger partial charge on any atom is -0.373 e. The highest BCUT2D eigenvalue weighted by Crippen LogP contribution is 2.17. The predicted molar refractivity (Wildman–Crippen MR) is 73.0 cm³/mol. The Kier molecular flexibility index (Phi) is 3.25. The molecule has 0 bridgehead atoms. The third kappa shape index (κ3) is 2.49. The number of aromatic nitrogens is 1. The Morgan fingerprint density at radius 2 is 2.42 bits per heavy atom. The van der Waals surface area contributed by atoms with E-state index in [-0.39, 0.29) is 6.03 Å². The first-order chi connectivity index (χ1) is 9.26. The molecule has 2 aliphatic rings. The molecule has 6 nitrogen and oxygen atoms in total. The van der Waals surface area contributed by atoms with Crippen molar-refractivity contribution >= 4 is 11.8 Å².